The van der Waals surface area contributed by atoms with Crippen molar-refractivity contribution in [3.8, 4) is 17.2 Å². The van der Waals surface area contributed by atoms with Gasteiger partial charge in [0.2, 0.25) is 6.79 Å². The molecule has 2 aromatic carbocycles. The second-order valence-corrected chi connectivity index (χ2v) is 7.05. The maximum atomic E-state index is 12.2. The summed E-state index contributed by atoms with van der Waals surface area (Å²) in [7, 11) is 0. The van der Waals surface area contributed by atoms with Crippen molar-refractivity contribution in [2.45, 2.75) is 40.3 Å². The molecule has 0 spiro atoms. The Labute approximate surface area is 169 Å². The molecular weight excluding hydrogens is 374 g/mol. The van der Waals surface area contributed by atoms with E-state index in [-0.39, 0.29) is 19.9 Å². The van der Waals surface area contributed by atoms with Gasteiger partial charge in [-0.15, -0.1) is 0 Å². The van der Waals surface area contributed by atoms with E-state index >= 15 is 0 Å². The number of rotatable bonds is 7. The van der Waals surface area contributed by atoms with Crippen molar-refractivity contribution >= 4 is 11.9 Å². The standard InChI is InChI=1S/C22H25NO6/c1-13-7-14(2)21(15(3)8-13)26-11-20(24)29-16(4)22(25)23-10-17-5-6-18-19(9-17)28-12-27-18/h5-9,16H,10-12H2,1-4H3,(H,23,25)/t16-/m1/s1. The molecule has 7 nitrogen and oxygen atoms in total. The van der Waals surface area contributed by atoms with Crippen LogP contribution in [0.1, 0.15) is 29.2 Å². The zero-order valence-electron chi connectivity index (χ0n) is 17.0. The van der Waals surface area contributed by atoms with Gasteiger partial charge >= 0.3 is 5.97 Å². The Bertz CT molecular complexity index is 901. The first kappa shape index (κ1) is 20.5. The first-order chi connectivity index (χ1) is 13.8. The molecule has 0 radical (unpaired) electrons. The monoisotopic (exact) mass is 399 g/mol. The fourth-order valence-electron chi connectivity index (χ4n) is 3.19. The van der Waals surface area contributed by atoms with Crippen LogP contribution in [0.2, 0.25) is 0 Å². The Morgan fingerprint density at radius 3 is 2.48 bits per heavy atom. The molecule has 3 rings (SSSR count). The van der Waals surface area contributed by atoms with Crippen LogP contribution in [0, 0.1) is 20.8 Å². The van der Waals surface area contributed by atoms with E-state index in [0.717, 1.165) is 22.3 Å². The summed E-state index contributed by atoms with van der Waals surface area (Å²) >= 11 is 0. The maximum absolute atomic E-state index is 12.2. The fourth-order valence-corrected chi connectivity index (χ4v) is 3.19. The van der Waals surface area contributed by atoms with Crippen molar-refractivity contribution in [3.63, 3.8) is 0 Å². The Kier molecular flexibility index (Phi) is 6.26. The van der Waals surface area contributed by atoms with E-state index in [1.54, 1.807) is 12.1 Å². The van der Waals surface area contributed by atoms with Gasteiger partial charge in [0.25, 0.3) is 5.91 Å². The molecule has 0 saturated carbocycles. The predicted molar refractivity (Wildman–Crippen MR) is 106 cm³/mol. The number of hydrogen-bond acceptors (Lipinski definition) is 6. The Hall–Kier alpha value is -3.22. The number of carbonyl (C=O) groups excluding carboxylic acids is 2. The SMILES string of the molecule is Cc1cc(C)c(OCC(=O)O[C@H](C)C(=O)NCc2ccc3c(c2)OCO3)c(C)c1. The minimum atomic E-state index is -0.930. The molecule has 1 aliphatic heterocycles. The summed E-state index contributed by atoms with van der Waals surface area (Å²) in [6, 6.07) is 9.41. The van der Waals surface area contributed by atoms with Crippen LogP contribution in [0.3, 0.4) is 0 Å². The van der Waals surface area contributed by atoms with E-state index in [1.165, 1.54) is 6.92 Å². The third-order valence-electron chi connectivity index (χ3n) is 4.52. The topological polar surface area (TPSA) is 83.1 Å². The Morgan fingerprint density at radius 2 is 1.76 bits per heavy atom. The molecule has 0 unspecified atom stereocenters. The lowest BCUT2D eigenvalue weighted by Gasteiger charge is -2.16. The normalized spacial score (nSPS) is 13.0. The van der Waals surface area contributed by atoms with E-state index in [9.17, 15) is 9.59 Å². The molecular formula is C22H25NO6. The summed E-state index contributed by atoms with van der Waals surface area (Å²) in [4.78, 5) is 24.3. The number of fused-ring (bicyclic) bond motifs is 1. The van der Waals surface area contributed by atoms with Crippen molar-refractivity contribution in [1.29, 1.82) is 0 Å². The molecule has 2 aromatic rings. The van der Waals surface area contributed by atoms with E-state index in [4.69, 9.17) is 18.9 Å². The van der Waals surface area contributed by atoms with Crippen LogP contribution in [0.25, 0.3) is 0 Å². The van der Waals surface area contributed by atoms with Gasteiger partial charge < -0.3 is 24.3 Å². The number of carbonyl (C=O) groups is 2. The lowest BCUT2D eigenvalue weighted by atomic mass is 10.1. The minimum absolute atomic E-state index is 0.196. The largest absolute Gasteiger partial charge is 0.481 e. The van der Waals surface area contributed by atoms with Crippen molar-refractivity contribution in [2.24, 2.45) is 0 Å². The van der Waals surface area contributed by atoms with Gasteiger partial charge in [-0.3, -0.25) is 4.79 Å². The van der Waals surface area contributed by atoms with Gasteiger partial charge in [0.05, 0.1) is 0 Å². The summed E-state index contributed by atoms with van der Waals surface area (Å²) in [5, 5.41) is 2.74. The number of benzene rings is 2. The van der Waals surface area contributed by atoms with Crippen molar-refractivity contribution in [2.75, 3.05) is 13.4 Å². The van der Waals surface area contributed by atoms with Crippen molar-refractivity contribution < 1.29 is 28.5 Å². The third kappa shape index (κ3) is 5.19. The molecule has 1 aliphatic rings. The zero-order valence-corrected chi connectivity index (χ0v) is 17.0. The molecule has 1 amide bonds. The molecule has 7 heteroatoms. The summed E-state index contributed by atoms with van der Waals surface area (Å²) in [6.45, 7) is 7.60. The van der Waals surface area contributed by atoms with Crippen molar-refractivity contribution in [3.05, 3.63) is 52.6 Å². The first-order valence-corrected chi connectivity index (χ1v) is 9.40. The number of esters is 1. The van der Waals surface area contributed by atoms with E-state index in [0.29, 0.717) is 17.2 Å². The van der Waals surface area contributed by atoms with Crippen LogP contribution in [0.5, 0.6) is 17.2 Å². The molecule has 1 N–H and O–H groups in total. The Morgan fingerprint density at radius 1 is 1.07 bits per heavy atom. The first-order valence-electron chi connectivity index (χ1n) is 9.40. The second kappa shape index (κ2) is 8.86. The van der Waals surface area contributed by atoms with Crippen LogP contribution in [-0.2, 0) is 20.9 Å². The fraction of sp³-hybridized carbons (Fsp3) is 0.364. The highest BCUT2D eigenvalue weighted by Crippen LogP contribution is 2.32. The highest BCUT2D eigenvalue weighted by molar-refractivity contribution is 5.83. The van der Waals surface area contributed by atoms with Crippen LogP contribution < -0.4 is 19.5 Å². The predicted octanol–water partition coefficient (Wildman–Crippen LogP) is 2.97. The summed E-state index contributed by atoms with van der Waals surface area (Å²) in [6.07, 6.45) is -0.930. The van der Waals surface area contributed by atoms with E-state index < -0.39 is 18.0 Å². The highest BCUT2D eigenvalue weighted by Gasteiger charge is 2.19. The van der Waals surface area contributed by atoms with Crippen LogP contribution >= 0.6 is 0 Å². The number of amides is 1. The lowest BCUT2D eigenvalue weighted by molar-refractivity contribution is -0.156. The highest BCUT2D eigenvalue weighted by atomic mass is 16.7. The molecule has 0 saturated heterocycles. The molecule has 1 heterocycles. The number of nitrogens with one attached hydrogen (secondary N) is 1. The van der Waals surface area contributed by atoms with Gasteiger partial charge in [0, 0.05) is 6.54 Å². The summed E-state index contributed by atoms with van der Waals surface area (Å²) < 4.78 is 21.4. The molecule has 29 heavy (non-hydrogen) atoms. The van der Waals surface area contributed by atoms with Gasteiger partial charge in [-0.25, -0.2) is 4.79 Å². The van der Waals surface area contributed by atoms with Crippen LogP contribution in [-0.4, -0.2) is 31.4 Å². The lowest BCUT2D eigenvalue weighted by Crippen LogP contribution is -2.36. The van der Waals surface area contributed by atoms with Gasteiger partial charge in [0.15, 0.2) is 24.2 Å². The summed E-state index contributed by atoms with van der Waals surface area (Å²) in [5.74, 6) is 0.998. The zero-order chi connectivity index (χ0) is 21.0. The van der Waals surface area contributed by atoms with Gasteiger partial charge in [-0.2, -0.15) is 0 Å². The quantitative estimate of drug-likeness (QED) is 0.721. The molecule has 1 atom stereocenters. The van der Waals surface area contributed by atoms with Crippen LogP contribution in [0.4, 0.5) is 0 Å². The molecule has 154 valence electrons. The number of hydrogen-bond donors (Lipinski definition) is 1. The number of ether oxygens (including phenoxy) is 4. The van der Waals surface area contributed by atoms with Crippen molar-refractivity contribution in [1.82, 2.24) is 5.32 Å². The average Bonchev–Trinajstić information content (AvgIpc) is 3.12. The Balaban J connectivity index is 1.46. The van der Waals surface area contributed by atoms with E-state index in [2.05, 4.69) is 5.32 Å². The average molecular weight is 399 g/mol. The second-order valence-electron chi connectivity index (χ2n) is 7.05. The molecule has 0 bridgehead atoms. The van der Waals surface area contributed by atoms with E-state index in [1.807, 2.05) is 39.0 Å². The van der Waals surface area contributed by atoms with Gasteiger partial charge in [-0.05, 0) is 56.5 Å². The maximum Gasteiger partial charge on any atom is 0.344 e. The van der Waals surface area contributed by atoms with Gasteiger partial charge in [-0.1, -0.05) is 23.8 Å². The minimum Gasteiger partial charge on any atom is -0.481 e. The molecule has 0 aliphatic carbocycles. The van der Waals surface area contributed by atoms with Gasteiger partial charge in [0.1, 0.15) is 5.75 Å². The summed E-state index contributed by atoms with van der Waals surface area (Å²) in [5.41, 5.74) is 3.88. The molecule has 0 fully saturated rings. The smallest absolute Gasteiger partial charge is 0.344 e. The number of aryl methyl sites for hydroxylation is 3. The third-order valence-corrected chi connectivity index (χ3v) is 4.52. The van der Waals surface area contributed by atoms with Crippen LogP contribution in [0.15, 0.2) is 30.3 Å². The molecule has 0 aromatic heterocycles.